The van der Waals surface area contributed by atoms with Crippen LogP contribution in [0.4, 0.5) is 0 Å². The lowest BCUT2D eigenvalue weighted by Gasteiger charge is -2.37. The van der Waals surface area contributed by atoms with Gasteiger partial charge in [0.25, 0.3) is 0 Å². The van der Waals surface area contributed by atoms with E-state index < -0.39 is 17.6 Å². The van der Waals surface area contributed by atoms with Crippen LogP contribution in [0, 0.1) is 19.3 Å². The summed E-state index contributed by atoms with van der Waals surface area (Å²) in [5.41, 5.74) is 1.37. The lowest BCUT2D eigenvalue weighted by atomic mass is 9.77. The third kappa shape index (κ3) is 2.28. The Morgan fingerprint density at radius 3 is 2.50 bits per heavy atom. The van der Waals surface area contributed by atoms with Crippen molar-refractivity contribution in [1.82, 2.24) is 0 Å². The van der Waals surface area contributed by atoms with Crippen LogP contribution in [0.5, 0.6) is 0 Å². The molecule has 1 fully saturated rings. The Morgan fingerprint density at radius 1 is 1.30 bits per heavy atom. The van der Waals surface area contributed by atoms with Gasteiger partial charge in [-0.3, -0.25) is 9.59 Å². The number of carbonyl (C=O) groups is 2. The topological polar surface area (TPSA) is 43.4 Å². The van der Waals surface area contributed by atoms with Gasteiger partial charge >= 0.3 is 0 Å². The lowest BCUT2D eigenvalue weighted by molar-refractivity contribution is -0.168. The van der Waals surface area contributed by atoms with E-state index in [9.17, 15) is 9.59 Å². The van der Waals surface area contributed by atoms with Crippen molar-refractivity contribution in [1.29, 1.82) is 0 Å². The third-order valence-electron chi connectivity index (χ3n) is 3.76. The minimum atomic E-state index is -0.949. The van der Waals surface area contributed by atoms with Crippen molar-refractivity contribution < 1.29 is 14.3 Å². The number of terminal acetylenes is 1. The second kappa shape index (κ2) is 4.88. The van der Waals surface area contributed by atoms with E-state index in [0.29, 0.717) is 0 Å². The number of ether oxygens (including phenoxy) is 1. The maximum Gasteiger partial charge on any atom is 0.179 e. The van der Waals surface area contributed by atoms with Crippen LogP contribution in [0.25, 0.3) is 0 Å². The van der Waals surface area contributed by atoms with E-state index in [1.54, 1.807) is 32.9 Å². The molecule has 2 rings (SSSR count). The highest BCUT2D eigenvalue weighted by Crippen LogP contribution is 2.34. The summed E-state index contributed by atoms with van der Waals surface area (Å²) in [5.74, 6) is 1.40. The Balaban J connectivity index is 2.52. The summed E-state index contributed by atoms with van der Waals surface area (Å²) < 4.78 is 5.50. The molecule has 0 radical (unpaired) electrons. The van der Waals surface area contributed by atoms with E-state index in [0.717, 1.165) is 16.7 Å². The van der Waals surface area contributed by atoms with Gasteiger partial charge in [-0.2, -0.15) is 0 Å². The van der Waals surface area contributed by atoms with Crippen molar-refractivity contribution >= 4 is 11.6 Å². The second-order valence-electron chi connectivity index (χ2n) is 5.69. The number of aryl methyl sites for hydroxylation is 1. The lowest BCUT2D eigenvalue weighted by Crippen LogP contribution is -2.52. The quantitative estimate of drug-likeness (QED) is 0.581. The molecule has 0 aliphatic carbocycles. The number of rotatable bonds is 1. The van der Waals surface area contributed by atoms with Crippen LogP contribution in [0.3, 0.4) is 0 Å². The predicted molar refractivity (Wildman–Crippen MR) is 76.5 cm³/mol. The zero-order valence-corrected chi connectivity index (χ0v) is 12.2. The molecule has 0 spiro atoms. The standard InChI is InChI=1S/C17H18O3/c1-6-12-7-8-13(10(2)9-12)14-15(18)11(3)20-17(4,5)16(14)19/h1,7-9,11,14H,2-5H3. The van der Waals surface area contributed by atoms with Gasteiger partial charge in [0, 0.05) is 5.56 Å². The summed E-state index contributed by atoms with van der Waals surface area (Å²) in [7, 11) is 0. The number of hydrogen-bond acceptors (Lipinski definition) is 3. The summed E-state index contributed by atoms with van der Waals surface area (Å²) >= 11 is 0. The maximum atomic E-state index is 12.5. The third-order valence-corrected chi connectivity index (χ3v) is 3.76. The number of carbonyl (C=O) groups excluding carboxylic acids is 2. The van der Waals surface area contributed by atoms with Crippen molar-refractivity contribution in [3.05, 3.63) is 34.9 Å². The molecule has 1 aliphatic heterocycles. The summed E-state index contributed by atoms with van der Waals surface area (Å²) in [4.78, 5) is 24.9. The van der Waals surface area contributed by atoms with Crippen LogP contribution in [0.1, 0.15) is 43.4 Å². The normalized spacial score (nSPS) is 25.4. The van der Waals surface area contributed by atoms with Crippen LogP contribution in [0.15, 0.2) is 18.2 Å². The Bertz CT molecular complexity index is 620. The highest BCUT2D eigenvalue weighted by atomic mass is 16.5. The highest BCUT2D eigenvalue weighted by Gasteiger charge is 2.47. The Labute approximate surface area is 119 Å². The molecule has 1 aromatic carbocycles. The first kappa shape index (κ1) is 14.5. The van der Waals surface area contributed by atoms with Gasteiger partial charge < -0.3 is 4.74 Å². The number of Topliss-reactive ketones (excluding diaryl/α,β-unsaturated/α-hetero) is 2. The fourth-order valence-corrected chi connectivity index (χ4v) is 2.65. The van der Waals surface area contributed by atoms with Crippen molar-refractivity contribution in [2.75, 3.05) is 0 Å². The SMILES string of the molecule is C#Cc1ccc(C2C(=O)C(C)OC(C)(C)C2=O)c(C)c1. The van der Waals surface area contributed by atoms with E-state index in [1.165, 1.54) is 0 Å². The van der Waals surface area contributed by atoms with Crippen LogP contribution >= 0.6 is 0 Å². The summed E-state index contributed by atoms with van der Waals surface area (Å²) in [6.07, 6.45) is 4.78. The van der Waals surface area contributed by atoms with Crippen LogP contribution < -0.4 is 0 Å². The molecule has 2 atom stereocenters. The zero-order chi connectivity index (χ0) is 15.1. The van der Waals surface area contributed by atoms with E-state index in [2.05, 4.69) is 5.92 Å². The van der Waals surface area contributed by atoms with Gasteiger partial charge in [-0.15, -0.1) is 6.42 Å². The van der Waals surface area contributed by atoms with Crippen LogP contribution in [0.2, 0.25) is 0 Å². The molecule has 0 saturated carbocycles. The molecule has 1 aliphatic rings. The molecule has 0 amide bonds. The van der Waals surface area contributed by atoms with E-state index in [1.807, 2.05) is 13.0 Å². The fraction of sp³-hybridized carbons (Fsp3) is 0.412. The molecule has 3 nitrogen and oxygen atoms in total. The molecule has 3 heteroatoms. The molecule has 0 N–H and O–H groups in total. The molecule has 1 saturated heterocycles. The maximum absolute atomic E-state index is 12.5. The molecule has 1 aromatic rings. The van der Waals surface area contributed by atoms with Crippen molar-refractivity contribution in [3.8, 4) is 12.3 Å². The minimum Gasteiger partial charge on any atom is -0.357 e. The molecular weight excluding hydrogens is 252 g/mol. The van der Waals surface area contributed by atoms with E-state index in [4.69, 9.17) is 11.2 Å². The Hall–Kier alpha value is -1.92. The van der Waals surface area contributed by atoms with Gasteiger partial charge in [0.1, 0.15) is 17.6 Å². The van der Waals surface area contributed by atoms with Gasteiger partial charge in [0.05, 0.1) is 0 Å². The van der Waals surface area contributed by atoms with Gasteiger partial charge in [0.2, 0.25) is 0 Å². The first-order chi connectivity index (χ1) is 9.27. The molecule has 1 heterocycles. The molecular formula is C17H18O3. The molecule has 0 bridgehead atoms. The van der Waals surface area contributed by atoms with Gasteiger partial charge in [-0.1, -0.05) is 12.0 Å². The van der Waals surface area contributed by atoms with Gasteiger partial charge in [-0.05, 0) is 51.0 Å². The first-order valence-corrected chi connectivity index (χ1v) is 6.61. The van der Waals surface area contributed by atoms with E-state index >= 15 is 0 Å². The van der Waals surface area contributed by atoms with Crippen molar-refractivity contribution in [3.63, 3.8) is 0 Å². The molecule has 0 aromatic heterocycles. The van der Waals surface area contributed by atoms with Crippen LogP contribution in [-0.4, -0.2) is 23.3 Å². The fourth-order valence-electron chi connectivity index (χ4n) is 2.65. The second-order valence-corrected chi connectivity index (χ2v) is 5.69. The zero-order valence-electron chi connectivity index (χ0n) is 12.2. The summed E-state index contributed by atoms with van der Waals surface area (Å²) in [5, 5.41) is 0. The van der Waals surface area contributed by atoms with Crippen molar-refractivity contribution in [2.45, 2.75) is 45.3 Å². The largest absolute Gasteiger partial charge is 0.357 e. The first-order valence-electron chi connectivity index (χ1n) is 6.61. The average Bonchev–Trinajstić information content (AvgIpc) is 2.38. The smallest absolute Gasteiger partial charge is 0.179 e. The predicted octanol–water partition coefficient (Wildman–Crippen LogP) is 2.40. The van der Waals surface area contributed by atoms with Crippen molar-refractivity contribution in [2.24, 2.45) is 0 Å². The molecule has 2 unspecified atom stereocenters. The Morgan fingerprint density at radius 2 is 1.95 bits per heavy atom. The number of benzene rings is 1. The number of hydrogen-bond donors (Lipinski definition) is 0. The Kier molecular flexibility index (Phi) is 3.54. The van der Waals surface area contributed by atoms with E-state index in [-0.39, 0.29) is 11.6 Å². The molecule has 104 valence electrons. The average molecular weight is 270 g/mol. The highest BCUT2D eigenvalue weighted by molar-refractivity contribution is 6.14. The summed E-state index contributed by atoms with van der Waals surface area (Å²) in [6.45, 7) is 6.96. The molecule has 20 heavy (non-hydrogen) atoms. The monoisotopic (exact) mass is 270 g/mol. The number of ketones is 2. The van der Waals surface area contributed by atoms with Gasteiger partial charge in [-0.25, -0.2) is 0 Å². The van der Waals surface area contributed by atoms with Crippen LogP contribution in [-0.2, 0) is 14.3 Å². The summed E-state index contributed by atoms with van der Waals surface area (Å²) in [6, 6.07) is 5.36. The minimum absolute atomic E-state index is 0.189. The van der Waals surface area contributed by atoms with Gasteiger partial charge in [0.15, 0.2) is 11.6 Å².